The van der Waals surface area contributed by atoms with Crippen molar-refractivity contribution in [3.05, 3.63) is 33.9 Å². The van der Waals surface area contributed by atoms with Crippen molar-refractivity contribution in [2.24, 2.45) is 0 Å². The highest BCUT2D eigenvalue weighted by Gasteiger charge is 2.27. The van der Waals surface area contributed by atoms with Crippen LogP contribution >= 0.6 is 15.9 Å². The van der Waals surface area contributed by atoms with Gasteiger partial charge < -0.3 is 10.1 Å². The van der Waals surface area contributed by atoms with Gasteiger partial charge in [-0.2, -0.15) is 0 Å². The highest BCUT2D eigenvalue weighted by Crippen LogP contribution is 2.31. The maximum Gasteiger partial charge on any atom is 0.311 e. The van der Waals surface area contributed by atoms with Crippen LogP contribution in [0, 0.1) is 10.1 Å². The number of benzene rings is 1. The Morgan fingerprint density at radius 2 is 2.20 bits per heavy atom. The number of para-hydroxylation sites is 1. The molecular weight excluding hydrogens is 328 g/mol. The molecular formula is C13H17BrN2O4. The molecule has 110 valence electrons. The van der Waals surface area contributed by atoms with Gasteiger partial charge in [-0.15, -0.1) is 0 Å². The molecule has 7 heteroatoms. The van der Waals surface area contributed by atoms with E-state index in [0.717, 1.165) is 6.42 Å². The third kappa shape index (κ3) is 3.47. The van der Waals surface area contributed by atoms with Crippen molar-refractivity contribution in [2.75, 3.05) is 12.4 Å². The van der Waals surface area contributed by atoms with E-state index in [1.165, 1.54) is 25.3 Å². The van der Waals surface area contributed by atoms with Crippen LogP contribution in [0.3, 0.4) is 0 Å². The molecule has 20 heavy (non-hydrogen) atoms. The van der Waals surface area contributed by atoms with Crippen LogP contribution in [0.25, 0.3) is 0 Å². The number of hydrogen-bond donors (Lipinski definition) is 1. The quantitative estimate of drug-likeness (QED) is 0.488. The Bertz CT molecular complexity index is 515. The van der Waals surface area contributed by atoms with Gasteiger partial charge >= 0.3 is 5.69 Å². The standard InChI is InChI=1S/C13H17BrN2O4/c1-4-13(2,8-14)15-12(17)9-6-5-7-10(16(18)19)11(9)20-3/h5-7H,4,8H2,1-3H3,(H,15,17). The van der Waals surface area contributed by atoms with Crippen molar-refractivity contribution < 1.29 is 14.5 Å². The predicted molar refractivity (Wildman–Crippen MR) is 79.6 cm³/mol. The van der Waals surface area contributed by atoms with Gasteiger partial charge in [0, 0.05) is 16.9 Å². The molecule has 1 aromatic carbocycles. The maximum absolute atomic E-state index is 12.3. The van der Waals surface area contributed by atoms with Crippen LogP contribution < -0.4 is 10.1 Å². The van der Waals surface area contributed by atoms with E-state index in [0.29, 0.717) is 5.33 Å². The number of nitro benzene ring substituents is 1. The second-order valence-corrected chi connectivity index (χ2v) is 5.18. The van der Waals surface area contributed by atoms with Crippen molar-refractivity contribution >= 4 is 27.5 Å². The molecule has 0 spiro atoms. The molecule has 0 fully saturated rings. The highest BCUT2D eigenvalue weighted by atomic mass is 79.9. The van der Waals surface area contributed by atoms with Crippen LogP contribution in [-0.4, -0.2) is 28.8 Å². The summed E-state index contributed by atoms with van der Waals surface area (Å²) in [6.45, 7) is 3.84. The van der Waals surface area contributed by atoms with Crippen molar-refractivity contribution in [2.45, 2.75) is 25.8 Å². The molecule has 0 aliphatic carbocycles. The minimum absolute atomic E-state index is 0.0250. The lowest BCUT2D eigenvalue weighted by Gasteiger charge is -2.27. The number of nitrogens with one attached hydrogen (secondary N) is 1. The number of hydrogen-bond acceptors (Lipinski definition) is 4. The van der Waals surface area contributed by atoms with E-state index in [1.54, 1.807) is 0 Å². The summed E-state index contributed by atoms with van der Waals surface area (Å²) < 4.78 is 5.03. The monoisotopic (exact) mass is 344 g/mol. The highest BCUT2D eigenvalue weighted by molar-refractivity contribution is 9.09. The van der Waals surface area contributed by atoms with Crippen molar-refractivity contribution in [1.82, 2.24) is 5.32 Å². The number of alkyl halides is 1. The van der Waals surface area contributed by atoms with Gasteiger partial charge in [0.15, 0.2) is 0 Å². The molecule has 1 unspecified atom stereocenters. The number of nitrogens with zero attached hydrogens (tertiary/aromatic N) is 1. The van der Waals surface area contributed by atoms with Crippen LogP contribution in [-0.2, 0) is 0 Å². The van der Waals surface area contributed by atoms with Crippen LogP contribution in [0.4, 0.5) is 5.69 Å². The first-order valence-corrected chi connectivity index (χ1v) is 7.20. The Hall–Kier alpha value is -1.63. The summed E-state index contributed by atoms with van der Waals surface area (Å²) in [5.41, 5.74) is -0.494. The molecule has 0 heterocycles. The smallest absolute Gasteiger partial charge is 0.311 e. The van der Waals surface area contributed by atoms with Gasteiger partial charge in [0.25, 0.3) is 5.91 Å². The first-order chi connectivity index (χ1) is 9.38. The van der Waals surface area contributed by atoms with Crippen molar-refractivity contribution in [1.29, 1.82) is 0 Å². The lowest BCUT2D eigenvalue weighted by molar-refractivity contribution is -0.385. The molecule has 1 aromatic rings. The number of nitro groups is 1. The summed E-state index contributed by atoms with van der Waals surface area (Å²) in [7, 11) is 1.31. The number of ether oxygens (including phenoxy) is 1. The molecule has 0 aromatic heterocycles. The van der Waals surface area contributed by atoms with Crippen molar-refractivity contribution in [3.8, 4) is 5.75 Å². The zero-order chi connectivity index (χ0) is 15.3. The molecule has 0 saturated carbocycles. The average molecular weight is 345 g/mol. The summed E-state index contributed by atoms with van der Waals surface area (Å²) in [4.78, 5) is 22.7. The lowest BCUT2D eigenvalue weighted by Crippen LogP contribution is -2.47. The summed E-state index contributed by atoms with van der Waals surface area (Å²) in [6.07, 6.45) is 0.723. The molecule has 0 radical (unpaired) electrons. The fourth-order valence-electron chi connectivity index (χ4n) is 1.62. The zero-order valence-electron chi connectivity index (χ0n) is 11.6. The van der Waals surface area contributed by atoms with Crippen LogP contribution in [0.1, 0.15) is 30.6 Å². The Balaban J connectivity index is 3.17. The van der Waals surface area contributed by atoms with E-state index in [9.17, 15) is 14.9 Å². The maximum atomic E-state index is 12.3. The summed E-state index contributed by atoms with van der Waals surface area (Å²) >= 11 is 3.35. The van der Waals surface area contributed by atoms with Gasteiger partial charge in [-0.1, -0.05) is 28.9 Å². The van der Waals surface area contributed by atoms with Gasteiger partial charge in [-0.25, -0.2) is 0 Å². The van der Waals surface area contributed by atoms with E-state index in [1.807, 2.05) is 13.8 Å². The van der Waals surface area contributed by atoms with Gasteiger partial charge in [-0.05, 0) is 19.4 Å². The molecule has 0 bridgehead atoms. The normalized spacial score (nSPS) is 13.4. The SMILES string of the molecule is CCC(C)(CBr)NC(=O)c1cccc([N+](=O)[O-])c1OC. The first kappa shape index (κ1) is 16.4. The van der Waals surface area contributed by atoms with Gasteiger partial charge in [0.1, 0.15) is 0 Å². The number of rotatable bonds is 6. The fourth-order valence-corrected chi connectivity index (χ4v) is 2.16. The second kappa shape index (κ2) is 6.69. The number of carbonyl (C=O) groups excluding carboxylic acids is 1. The Morgan fingerprint density at radius 3 is 2.65 bits per heavy atom. The Kier molecular flexibility index (Phi) is 5.50. The molecule has 0 aliphatic rings. The van der Waals surface area contributed by atoms with Gasteiger partial charge in [-0.3, -0.25) is 14.9 Å². The van der Waals surface area contributed by atoms with E-state index in [4.69, 9.17) is 4.74 Å². The molecule has 1 atom stereocenters. The van der Waals surface area contributed by atoms with Crippen LogP contribution in [0.5, 0.6) is 5.75 Å². The minimum atomic E-state index is -0.570. The Labute approximate surface area is 125 Å². The lowest BCUT2D eigenvalue weighted by atomic mass is 10.0. The number of carbonyl (C=O) groups is 1. The van der Waals surface area contributed by atoms with Crippen LogP contribution in [0.15, 0.2) is 18.2 Å². The molecule has 1 N–H and O–H groups in total. The molecule has 1 amide bonds. The topological polar surface area (TPSA) is 81.5 Å². The largest absolute Gasteiger partial charge is 0.490 e. The number of halogens is 1. The average Bonchev–Trinajstić information content (AvgIpc) is 2.45. The van der Waals surface area contributed by atoms with Crippen LogP contribution in [0.2, 0.25) is 0 Å². The molecule has 0 aliphatic heterocycles. The van der Waals surface area contributed by atoms with E-state index >= 15 is 0 Å². The van der Waals surface area contributed by atoms with E-state index in [2.05, 4.69) is 21.2 Å². The van der Waals surface area contributed by atoms with Gasteiger partial charge in [0.2, 0.25) is 5.75 Å². The molecule has 6 nitrogen and oxygen atoms in total. The number of amides is 1. The third-order valence-electron chi connectivity index (χ3n) is 3.13. The van der Waals surface area contributed by atoms with Gasteiger partial charge in [0.05, 0.1) is 17.6 Å². The van der Waals surface area contributed by atoms with E-state index in [-0.39, 0.29) is 17.0 Å². The van der Waals surface area contributed by atoms with Crippen molar-refractivity contribution in [3.63, 3.8) is 0 Å². The predicted octanol–water partition coefficient (Wildman–Crippen LogP) is 2.90. The fraction of sp³-hybridized carbons (Fsp3) is 0.462. The number of methoxy groups -OCH3 is 1. The Morgan fingerprint density at radius 1 is 1.55 bits per heavy atom. The summed E-state index contributed by atoms with van der Waals surface area (Å²) in [5.74, 6) is -0.419. The first-order valence-electron chi connectivity index (χ1n) is 6.08. The summed E-state index contributed by atoms with van der Waals surface area (Å²) in [5, 5.41) is 14.4. The summed E-state index contributed by atoms with van der Waals surface area (Å²) in [6, 6.07) is 4.28. The molecule has 0 saturated heterocycles. The molecule has 1 rings (SSSR count). The van der Waals surface area contributed by atoms with E-state index < -0.39 is 16.4 Å². The minimum Gasteiger partial charge on any atom is -0.490 e. The second-order valence-electron chi connectivity index (χ2n) is 4.62. The zero-order valence-corrected chi connectivity index (χ0v) is 13.2. The third-order valence-corrected chi connectivity index (χ3v) is 4.37.